The SMILES string of the molecule is O=C(O)CC(NC(=O)C1N(C(=O)C2CCCCC2)CCN1S(=O)(=O)c1ccc(Cl)c(Cl)c1)C1CCCCC1. The van der Waals surface area contributed by atoms with Gasteiger partial charge in [-0.3, -0.25) is 14.4 Å². The topological polar surface area (TPSA) is 124 Å². The molecule has 2 saturated carbocycles. The average Bonchev–Trinajstić information content (AvgIpc) is 3.36. The quantitative estimate of drug-likeness (QED) is 0.468. The summed E-state index contributed by atoms with van der Waals surface area (Å²) in [5, 5.41) is 12.6. The predicted octanol–water partition coefficient (Wildman–Crippen LogP) is 4.27. The summed E-state index contributed by atoms with van der Waals surface area (Å²) in [6.07, 6.45) is 7.13. The van der Waals surface area contributed by atoms with Crippen LogP contribution in [0.3, 0.4) is 0 Å². The maximum Gasteiger partial charge on any atom is 0.305 e. The van der Waals surface area contributed by atoms with E-state index in [1.54, 1.807) is 0 Å². The lowest BCUT2D eigenvalue weighted by Gasteiger charge is -2.35. The Hall–Kier alpha value is -1.88. The molecular weight excluding hydrogens is 553 g/mol. The van der Waals surface area contributed by atoms with Crippen LogP contribution >= 0.6 is 23.2 Å². The van der Waals surface area contributed by atoms with Crippen molar-refractivity contribution in [2.75, 3.05) is 13.1 Å². The minimum atomic E-state index is -4.23. The number of aliphatic carboxylic acids is 1. The van der Waals surface area contributed by atoms with Gasteiger partial charge in [-0.15, -0.1) is 0 Å². The number of sulfonamides is 1. The van der Waals surface area contributed by atoms with Crippen molar-refractivity contribution in [1.29, 1.82) is 0 Å². The van der Waals surface area contributed by atoms with Crippen LogP contribution < -0.4 is 5.32 Å². The second-order valence-corrected chi connectivity index (χ2v) is 13.2. The van der Waals surface area contributed by atoms with Crippen molar-refractivity contribution in [3.63, 3.8) is 0 Å². The molecule has 12 heteroatoms. The predicted molar refractivity (Wildman–Crippen MR) is 143 cm³/mol. The van der Waals surface area contributed by atoms with Gasteiger partial charge in [-0.2, -0.15) is 4.31 Å². The van der Waals surface area contributed by atoms with Crippen molar-refractivity contribution < 1.29 is 27.9 Å². The molecule has 1 aromatic carbocycles. The highest BCUT2D eigenvalue weighted by atomic mass is 35.5. The van der Waals surface area contributed by atoms with Gasteiger partial charge in [-0.05, 0) is 49.8 Å². The Morgan fingerprint density at radius 1 is 0.947 bits per heavy atom. The number of benzene rings is 1. The third-order valence-electron chi connectivity index (χ3n) is 8.04. The van der Waals surface area contributed by atoms with Crippen molar-refractivity contribution in [2.45, 2.75) is 87.7 Å². The molecular formula is C26H35Cl2N3O6S. The summed E-state index contributed by atoms with van der Waals surface area (Å²) in [5.74, 6) is -2.23. The van der Waals surface area contributed by atoms with Gasteiger partial charge in [0.25, 0.3) is 5.91 Å². The molecule has 0 aromatic heterocycles. The van der Waals surface area contributed by atoms with E-state index in [2.05, 4.69) is 5.32 Å². The average molecular weight is 589 g/mol. The molecule has 1 saturated heterocycles. The first kappa shape index (κ1) is 29.1. The van der Waals surface area contributed by atoms with E-state index in [4.69, 9.17) is 23.2 Å². The summed E-state index contributed by atoms with van der Waals surface area (Å²) in [6.45, 7) is 0.00709. The van der Waals surface area contributed by atoms with Crippen LogP contribution in [-0.4, -0.2) is 65.8 Å². The molecule has 1 aromatic rings. The van der Waals surface area contributed by atoms with Gasteiger partial charge in [0.1, 0.15) is 0 Å². The number of hydrogen-bond acceptors (Lipinski definition) is 5. The molecule has 38 heavy (non-hydrogen) atoms. The highest BCUT2D eigenvalue weighted by Crippen LogP contribution is 2.33. The van der Waals surface area contributed by atoms with E-state index in [1.165, 1.54) is 23.1 Å². The smallest absolute Gasteiger partial charge is 0.305 e. The molecule has 210 valence electrons. The molecule has 2 amide bonds. The summed E-state index contributed by atoms with van der Waals surface area (Å²) in [5.41, 5.74) is 0. The Labute approximate surface area is 233 Å². The van der Waals surface area contributed by atoms with Gasteiger partial charge >= 0.3 is 5.97 Å². The maximum atomic E-state index is 13.8. The summed E-state index contributed by atoms with van der Waals surface area (Å²) >= 11 is 12.1. The van der Waals surface area contributed by atoms with Crippen LogP contribution in [0, 0.1) is 11.8 Å². The first-order valence-electron chi connectivity index (χ1n) is 13.4. The van der Waals surface area contributed by atoms with E-state index < -0.39 is 34.1 Å². The number of amides is 2. The first-order valence-corrected chi connectivity index (χ1v) is 15.6. The number of halogens is 2. The molecule has 9 nitrogen and oxygen atoms in total. The number of hydrogen-bond donors (Lipinski definition) is 2. The molecule has 2 aliphatic carbocycles. The van der Waals surface area contributed by atoms with Crippen LogP contribution in [0.15, 0.2) is 23.1 Å². The van der Waals surface area contributed by atoms with Gasteiger partial charge in [-0.25, -0.2) is 8.42 Å². The Bertz CT molecular complexity index is 1150. The van der Waals surface area contributed by atoms with Crippen LogP contribution in [0.5, 0.6) is 0 Å². The lowest BCUT2D eigenvalue weighted by Crippen LogP contribution is -2.57. The Morgan fingerprint density at radius 3 is 2.18 bits per heavy atom. The van der Waals surface area contributed by atoms with Gasteiger partial charge in [0.2, 0.25) is 15.9 Å². The molecule has 1 heterocycles. The molecule has 3 fully saturated rings. The van der Waals surface area contributed by atoms with Crippen LogP contribution in [0.25, 0.3) is 0 Å². The third kappa shape index (κ3) is 6.46. The molecule has 0 spiro atoms. The van der Waals surface area contributed by atoms with Crippen molar-refractivity contribution in [3.8, 4) is 0 Å². The lowest BCUT2D eigenvalue weighted by atomic mass is 9.82. The minimum absolute atomic E-state index is 0.0205. The fourth-order valence-electron chi connectivity index (χ4n) is 6.04. The van der Waals surface area contributed by atoms with Crippen LogP contribution in [-0.2, 0) is 24.4 Å². The largest absolute Gasteiger partial charge is 0.481 e. The second kappa shape index (κ2) is 12.5. The lowest BCUT2D eigenvalue weighted by molar-refractivity contribution is -0.145. The highest BCUT2D eigenvalue weighted by Gasteiger charge is 2.48. The van der Waals surface area contributed by atoms with Gasteiger partial charge in [-0.1, -0.05) is 61.7 Å². The number of carboxylic acid groups (broad SMARTS) is 1. The fraction of sp³-hybridized carbons (Fsp3) is 0.654. The van der Waals surface area contributed by atoms with Gasteiger partial charge < -0.3 is 15.3 Å². The summed E-state index contributed by atoms with van der Waals surface area (Å²) in [6, 6.07) is 3.27. The number of carbonyl (C=O) groups is 3. The van der Waals surface area contributed by atoms with Crippen molar-refractivity contribution >= 4 is 51.0 Å². The van der Waals surface area contributed by atoms with Gasteiger partial charge in [0.15, 0.2) is 6.17 Å². The van der Waals surface area contributed by atoms with Crippen molar-refractivity contribution in [3.05, 3.63) is 28.2 Å². The monoisotopic (exact) mass is 587 g/mol. The zero-order valence-electron chi connectivity index (χ0n) is 21.3. The molecule has 2 atom stereocenters. The zero-order valence-corrected chi connectivity index (χ0v) is 23.6. The molecule has 2 N–H and O–H groups in total. The second-order valence-electron chi connectivity index (χ2n) is 10.5. The standard InChI is InChI=1S/C26H35Cl2N3O6S/c27-20-12-11-19(15-21(20)28)38(36,37)31-14-13-30(26(35)18-9-5-2-6-10-18)25(31)24(34)29-22(16-23(32)33)17-7-3-1-4-8-17/h11-12,15,17-18,22,25H,1-10,13-14,16H2,(H,29,34)(H,32,33). The van der Waals surface area contributed by atoms with Crippen LogP contribution in [0.1, 0.15) is 70.6 Å². The molecule has 4 rings (SSSR count). The number of carbonyl (C=O) groups excluding carboxylic acids is 2. The van der Waals surface area contributed by atoms with Gasteiger partial charge in [0, 0.05) is 25.0 Å². The number of carboxylic acids is 1. The number of nitrogens with zero attached hydrogens (tertiary/aromatic N) is 2. The van der Waals surface area contributed by atoms with Crippen molar-refractivity contribution in [2.24, 2.45) is 11.8 Å². The maximum absolute atomic E-state index is 13.8. The molecule has 2 unspecified atom stereocenters. The van der Waals surface area contributed by atoms with Crippen LogP contribution in [0.4, 0.5) is 0 Å². The minimum Gasteiger partial charge on any atom is -0.481 e. The number of rotatable bonds is 8. The van der Waals surface area contributed by atoms with E-state index in [0.717, 1.165) is 55.7 Å². The van der Waals surface area contributed by atoms with Crippen molar-refractivity contribution in [1.82, 2.24) is 14.5 Å². The van der Waals surface area contributed by atoms with Gasteiger partial charge in [0.05, 0.1) is 21.4 Å². The fourth-order valence-corrected chi connectivity index (χ4v) is 7.97. The summed E-state index contributed by atoms with van der Waals surface area (Å²) < 4.78 is 28.5. The Kier molecular flexibility index (Phi) is 9.60. The third-order valence-corrected chi connectivity index (χ3v) is 10.6. The summed E-state index contributed by atoms with van der Waals surface area (Å²) in [7, 11) is -4.23. The first-order chi connectivity index (χ1) is 18.1. The number of nitrogens with one attached hydrogen (secondary N) is 1. The molecule has 0 bridgehead atoms. The zero-order chi connectivity index (χ0) is 27.4. The molecule has 3 aliphatic rings. The van der Waals surface area contributed by atoms with E-state index in [1.807, 2.05) is 0 Å². The summed E-state index contributed by atoms with van der Waals surface area (Å²) in [4.78, 5) is 40.3. The van der Waals surface area contributed by atoms with E-state index >= 15 is 0 Å². The van der Waals surface area contributed by atoms with E-state index in [0.29, 0.717) is 12.8 Å². The molecule has 1 aliphatic heterocycles. The van der Waals surface area contributed by atoms with E-state index in [9.17, 15) is 27.9 Å². The Balaban J connectivity index is 1.66. The van der Waals surface area contributed by atoms with E-state index in [-0.39, 0.29) is 52.2 Å². The Morgan fingerprint density at radius 2 is 1.58 bits per heavy atom. The molecule has 0 radical (unpaired) electrons. The van der Waals surface area contributed by atoms with Crippen LogP contribution in [0.2, 0.25) is 10.0 Å². The highest BCUT2D eigenvalue weighted by molar-refractivity contribution is 7.89. The normalized spacial score (nSPS) is 22.8.